The number of carbonyl (C=O) groups is 1. The smallest absolute Gasteiger partial charge is 0.240 e. The van der Waals surface area contributed by atoms with Crippen LogP contribution < -0.4 is 0 Å². The van der Waals surface area contributed by atoms with Gasteiger partial charge in [-0.1, -0.05) is 19.3 Å². The molecule has 3 rings (SSSR count). The largest absolute Gasteiger partial charge is 0.380 e. The van der Waals surface area contributed by atoms with E-state index in [9.17, 15) is 13.2 Å². The summed E-state index contributed by atoms with van der Waals surface area (Å²) in [7, 11) is 0.522. The molecule has 23 heavy (non-hydrogen) atoms. The van der Waals surface area contributed by atoms with Gasteiger partial charge in [0.05, 0.1) is 22.6 Å². The minimum Gasteiger partial charge on any atom is -0.380 e. The van der Waals surface area contributed by atoms with Crippen molar-refractivity contribution in [3.05, 3.63) is 0 Å². The number of ether oxygens (including phenoxy) is 1. The highest BCUT2D eigenvalue weighted by Gasteiger charge is 2.50. The highest BCUT2D eigenvalue weighted by atomic mass is 32.2. The van der Waals surface area contributed by atoms with Crippen LogP contribution in [-0.4, -0.2) is 80.6 Å². The van der Waals surface area contributed by atoms with Gasteiger partial charge in [0.25, 0.3) is 0 Å². The molecule has 1 aliphatic carbocycles. The SMILES string of the molecule is CO[C@H]1C[C@@H](C(=O)N2CCS(=O)(=O)C3(CCCCC3)C2)N(C)C1. The Hall–Kier alpha value is -0.660. The Morgan fingerprint density at radius 3 is 2.52 bits per heavy atom. The van der Waals surface area contributed by atoms with Crippen LogP contribution in [0.1, 0.15) is 38.5 Å². The van der Waals surface area contributed by atoms with Crippen molar-refractivity contribution in [1.82, 2.24) is 9.80 Å². The molecule has 0 unspecified atom stereocenters. The molecule has 1 saturated carbocycles. The van der Waals surface area contributed by atoms with E-state index in [0.717, 1.165) is 25.8 Å². The minimum absolute atomic E-state index is 0.0758. The van der Waals surface area contributed by atoms with Crippen molar-refractivity contribution in [2.24, 2.45) is 0 Å². The summed E-state index contributed by atoms with van der Waals surface area (Å²) in [4.78, 5) is 16.8. The van der Waals surface area contributed by atoms with Crippen LogP contribution in [0.4, 0.5) is 0 Å². The monoisotopic (exact) mass is 344 g/mol. The third kappa shape index (κ3) is 3.03. The fraction of sp³-hybridized carbons (Fsp3) is 0.938. The van der Waals surface area contributed by atoms with E-state index in [-0.39, 0.29) is 23.8 Å². The maximum atomic E-state index is 12.9. The van der Waals surface area contributed by atoms with Crippen LogP contribution in [0.15, 0.2) is 0 Å². The van der Waals surface area contributed by atoms with Crippen molar-refractivity contribution in [3.8, 4) is 0 Å². The molecule has 0 aromatic heterocycles. The summed E-state index contributed by atoms with van der Waals surface area (Å²) in [6.45, 7) is 1.48. The summed E-state index contributed by atoms with van der Waals surface area (Å²) in [5, 5.41) is 0. The van der Waals surface area contributed by atoms with Crippen LogP contribution in [0.25, 0.3) is 0 Å². The minimum atomic E-state index is -3.10. The molecule has 1 amide bonds. The summed E-state index contributed by atoms with van der Waals surface area (Å²) in [6, 6.07) is -0.179. The van der Waals surface area contributed by atoms with E-state index in [2.05, 4.69) is 0 Å². The second-order valence-corrected chi connectivity index (χ2v) is 9.87. The Morgan fingerprint density at radius 2 is 1.91 bits per heavy atom. The van der Waals surface area contributed by atoms with Crippen LogP contribution >= 0.6 is 0 Å². The van der Waals surface area contributed by atoms with E-state index in [1.54, 1.807) is 7.11 Å². The maximum Gasteiger partial charge on any atom is 0.240 e. The summed E-state index contributed by atoms with van der Waals surface area (Å²) < 4.78 is 30.0. The fourth-order valence-electron chi connectivity index (χ4n) is 4.45. The average molecular weight is 344 g/mol. The lowest BCUT2D eigenvalue weighted by atomic mass is 9.87. The zero-order valence-corrected chi connectivity index (χ0v) is 15.0. The number of rotatable bonds is 2. The van der Waals surface area contributed by atoms with Crippen LogP contribution in [0.3, 0.4) is 0 Å². The highest BCUT2D eigenvalue weighted by molar-refractivity contribution is 7.92. The topological polar surface area (TPSA) is 66.9 Å². The first-order chi connectivity index (χ1) is 10.9. The molecular formula is C16H28N2O4S. The number of methoxy groups -OCH3 is 1. The normalized spacial score (nSPS) is 33.9. The van der Waals surface area contributed by atoms with Gasteiger partial charge in [0.1, 0.15) is 0 Å². The van der Waals surface area contributed by atoms with Crippen molar-refractivity contribution in [2.45, 2.75) is 55.4 Å². The molecule has 2 aliphatic heterocycles. The summed E-state index contributed by atoms with van der Waals surface area (Å²) >= 11 is 0. The number of hydrogen-bond donors (Lipinski definition) is 0. The molecule has 7 heteroatoms. The number of amides is 1. The Balaban J connectivity index is 1.75. The van der Waals surface area contributed by atoms with Crippen LogP contribution in [-0.2, 0) is 19.4 Å². The summed E-state index contributed by atoms with van der Waals surface area (Å²) in [6.07, 6.45) is 5.22. The van der Waals surface area contributed by atoms with E-state index >= 15 is 0 Å². The van der Waals surface area contributed by atoms with E-state index in [4.69, 9.17) is 4.74 Å². The average Bonchev–Trinajstić information content (AvgIpc) is 2.91. The second kappa shape index (κ2) is 6.33. The van der Waals surface area contributed by atoms with Gasteiger partial charge in [0.2, 0.25) is 5.91 Å². The lowest BCUT2D eigenvalue weighted by Crippen LogP contribution is -2.60. The van der Waals surface area contributed by atoms with Gasteiger partial charge in [0.15, 0.2) is 9.84 Å². The second-order valence-electron chi connectivity index (χ2n) is 7.37. The van der Waals surface area contributed by atoms with Crippen molar-refractivity contribution in [3.63, 3.8) is 0 Å². The van der Waals surface area contributed by atoms with Gasteiger partial charge in [-0.05, 0) is 26.3 Å². The molecule has 0 radical (unpaired) electrons. The first kappa shape index (κ1) is 17.2. The summed E-state index contributed by atoms with van der Waals surface area (Å²) in [5.74, 6) is 0.190. The molecule has 1 spiro atoms. The van der Waals surface area contributed by atoms with Gasteiger partial charge in [-0.2, -0.15) is 0 Å². The molecule has 0 N–H and O–H groups in total. The maximum absolute atomic E-state index is 12.9. The Bertz CT molecular complexity index is 556. The molecule has 0 bridgehead atoms. The molecule has 132 valence electrons. The molecule has 3 fully saturated rings. The fourth-order valence-corrected chi connectivity index (χ4v) is 6.61. The van der Waals surface area contributed by atoms with E-state index < -0.39 is 14.6 Å². The number of likely N-dealkylation sites (tertiary alicyclic amines) is 1. The highest BCUT2D eigenvalue weighted by Crippen LogP contribution is 2.39. The van der Waals surface area contributed by atoms with E-state index in [0.29, 0.717) is 32.4 Å². The molecule has 0 aromatic rings. The quantitative estimate of drug-likeness (QED) is 0.736. The molecule has 2 atom stereocenters. The van der Waals surface area contributed by atoms with E-state index in [1.165, 1.54) is 0 Å². The van der Waals surface area contributed by atoms with Crippen LogP contribution in [0.5, 0.6) is 0 Å². The number of sulfone groups is 1. The first-order valence-electron chi connectivity index (χ1n) is 8.63. The Labute approximate surface area is 139 Å². The lowest BCUT2D eigenvalue weighted by molar-refractivity contribution is -0.136. The van der Waals surface area contributed by atoms with Gasteiger partial charge in [-0.25, -0.2) is 8.42 Å². The molecular weight excluding hydrogens is 316 g/mol. The zero-order chi connectivity index (χ0) is 16.7. The van der Waals surface area contributed by atoms with Gasteiger partial charge >= 0.3 is 0 Å². The molecule has 2 heterocycles. The third-order valence-corrected chi connectivity index (χ3v) is 8.55. The molecule has 6 nitrogen and oxygen atoms in total. The van der Waals surface area contributed by atoms with Crippen molar-refractivity contribution in [2.75, 3.05) is 39.5 Å². The van der Waals surface area contributed by atoms with Crippen molar-refractivity contribution in [1.29, 1.82) is 0 Å². The number of likely N-dealkylation sites (N-methyl/N-ethyl adjacent to an activating group) is 1. The zero-order valence-electron chi connectivity index (χ0n) is 14.2. The molecule has 0 aromatic carbocycles. The number of carbonyl (C=O) groups excluding carboxylic acids is 1. The van der Waals surface area contributed by atoms with Gasteiger partial charge in [-0.3, -0.25) is 9.69 Å². The van der Waals surface area contributed by atoms with Gasteiger partial charge in [-0.15, -0.1) is 0 Å². The van der Waals surface area contributed by atoms with Crippen molar-refractivity contribution >= 4 is 15.7 Å². The van der Waals surface area contributed by atoms with E-state index in [1.807, 2.05) is 16.8 Å². The predicted octanol–water partition coefficient (Wildman–Crippen LogP) is 0.665. The third-order valence-electron chi connectivity index (χ3n) is 5.97. The predicted molar refractivity (Wildman–Crippen MR) is 88.0 cm³/mol. The number of nitrogens with zero attached hydrogens (tertiary/aromatic N) is 2. The van der Waals surface area contributed by atoms with Crippen molar-refractivity contribution < 1.29 is 17.9 Å². The Morgan fingerprint density at radius 1 is 1.22 bits per heavy atom. The van der Waals surface area contributed by atoms with Gasteiger partial charge in [0, 0.05) is 26.7 Å². The molecule has 2 saturated heterocycles. The van der Waals surface area contributed by atoms with Crippen LogP contribution in [0.2, 0.25) is 0 Å². The first-order valence-corrected chi connectivity index (χ1v) is 10.3. The molecule has 3 aliphatic rings. The summed E-state index contributed by atoms with van der Waals surface area (Å²) in [5.41, 5.74) is 0. The van der Waals surface area contributed by atoms with Crippen LogP contribution in [0, 0.1) is 0 Å². The Kier molecular flexibility index (Phi) is 4.73. The standard InChI is InChI=1S/C16H28N2O4S/c1-17-11-13(22-2)10-14(17)15(19)18-8-9-23(20,21)16(12-18)6-4-3-5-7-16/h13-14H,3-12H2,1-2H3/t13-,14-/m0/s1. The lowest BCUT2D eigenvalue weighted by Gasteiger charge is -2.45. The van der Waals surface area contributed by atoms with Gasteiger partial charge < -0.3 is 9.64 Å². The number of hydrogen-bond acceptors (Lipinski definition) is 5.